The summed E-state index contributed by atoms with van der Waals surface area (Å²) >= 11 is 7.99. The monoisotopic (exact) mass is 324 g/mol. The van der Waals surface area contributed by atoms with Crippen LogP contribution in [0.5, 0.6) is 0 Å². The summed E-state index contributed by atoms with van der Waals surface area (Å²) in [5.41, 5.74) is 1.02. The SMILES string of the molecule is CCCNC(CSc1ccccc1Cl)Cc1cn(C)nn1. The smallest absolute Gasteiger partial charge is 0.0842 e. The van der Waals surface area contributed by atoms with E-state index in [1.54, 1.807) is 16.4 Å². The number of hydrogen-bond acceptors (Lipinski definition) is 4. The van der Waals surface area contributed by atoms with Crippen molar-refractivity contribution in [3.63, 3.8) is 0 Å². The number of rotatable bonds is 8. The van der Waals surface area contributed by atoms with Gasteiger partial charge in [0.05, 0.1) is 10.7 Å². The van der Waals surface area contributed by atoms with Gasteiger partial charge in [-0.2, -0.15) is 0 Å². The number of hydrogen-bond donors (Lipinski definition) is 1. The van der Waals surface area contributed by atoms with Crippen molar-refractivity contribution in [1.82, 2.24) is 20.3 Å². The Labute approximate surface area is 135 Å². The second-order valence-electron chi connectivity index (χ2n) is 4.98. The van der Waals surface area contributed by atoms with Crippen molar-refractivity contribution in [1.29, 1.82) is 0 Å². The fourth-order valence-electron chi connectivity index (χ4n) is 2.03. The van der Waals surface area contributed by atoms with E-state index < -0.39 is 0 Å². The molecule has 1 unspecified atom stereocenters. The number of aromatic nitrogens is 3. The molecule has 0 saturated heterocycles. The molecule has 1 heterocycles. The van der Waals surface area contributed by atoms with Gasteiger partial charge in [-0.25, -0.2) is 0 Å². The molecule has 0 amide bonds. The molecular weight excluding hydrogens is 304 g/mol. The van der Waals surface area contributed by atoms with Gasteiger partial charge in [-0.05, 0) is 25.1 Å². The number of thioether (sulfide) groups is 1. The molecule has 0 spiro atoms. The third-order valence-electron chi connectivity index (χ3n) is 3.07. The van der Waals surface area contributed by atoms with Crippen molar-refractivity contribution in [3.8, 4) is 0 Å². The topological polar surface area (TPSA) is 42.7 Å². The van der Waals surface area contributed by atoms with Crippen LogP contribution in [0.4, 0.5) is 0 Å². The Hall–Kier alpha value is -1.04. The van der Waals surface area contributed by atoms with Crippen LogP contribution in [0.1, 0.15) is 19.0 Å². The Morgan fingerprint density at radius 2 is 2.19 bits per heavy atom. The van der Waals surface area contributed by atoms with Gasteiger partial charge in [-0.1, -0.05) is 35.9 Å². The lowest BCUT2D eigenvalue weighted by molar-refractivity contribution is 0.544. The van der Waals surface area contributed by atoms with Crippen molar-refractivity contribution in [2.24, 2.45) is 7.05 Å². The van der Waals surface area contributed by atoms with Crippen molar-refractivity contribution in [2.45, 2.75) is 30.7 Å². The molecule has 0 aliphatic rings. The normalized spacial score (nSPS) is 12.5. The van der Waals surface area contributed by atoms with Crippen LogP contribution >= 0.6 is 23.4 Å². The molecule has 0 aliphatic heterocycles. The summed E-state index contributed by atoms with van der Waals surface area (Å²) in [6.07, 6.45) is 3.97. The van der Waals surface area contributed by atoms with Gasteiger partial charge in [-0.15, -0.1) is 16.9 Å². The van der Waals surface area contributed by atoms with Crippen LogP contribution in [0.2, 0.25) is 5.02 Å². The third kappa shape index (κ3) is 5.34. The molecule has 21 heavy (non-hydrogen) atoms. The zero-order chi connectivity index (χ0) is 15.1. The molecule has 4 nitrogen and oxygen atoms in total. The van der Waals surface area contributed by atoms with E-state index in [4.69, 9.17) is 11.6 Å². The summed E-state index contributed by atoms with van der Waals surface area (Å²) in [5, 5.41) is 12.6. The summed E-state index contributed by atoms with van der Waals surface area (Å²) in [6.45, 7) is 3.18. The quantitative estimate of drug-likeness (QED) is 0.757. The highest BCUT2D eigenvalue weighted by Crippen LogP contribution is 2.27. The van der Waals surface area contributed by atoms with Gasteiger partial charge in [0.25, 0.3) is 0 Å². The average molecular weight is 325 g/mol. The minimum absolute atomic E-state index is 0.364. The molecule has 0 saturated carbocycles. The minimum atomic E-state index is 0.364. The summed E-state index contributed by atoms with van der Waals surface area (Å²) in [5.74, 6) is 0.959. The Kier molecular flexibility index (Phi) is 6.54. The molecular formula is C15H21ClN4S. The van der Waals surface area contributed by atoms with Crippen LogP contribution < -0.4 is 5.32 Å². The standard InChI is InChI=1S/C15H21ClN4S/c1-3-8-17-13(9-12-10-20(2)19-18-12)11-21-15-7-5-4-6-14(15)16/h4-7,10,13,17H,3,8-9,11H2,1-2H3. The maximum absolute atomic E-state index is 6.21. The predicted molar refractivity (Wildman–Crippen MR) is 89.0 cm³/mol. The van der Waals surface area contributed by atoms with Gasteiger partial charge in [0.1, 0.15) is 0 Å². The van der Waals surface area contributed by atoms with E-state index in [-0.39, 0.29) is 0 Å². The minimum Gasteiger partial charge on any atom is -0.313 e. The van der Waals surface area contributed by atoms with E-state index >= 15 is 0 Å². The molecule has 114 valence electrons. The van der Waals surface area contributed by atoms with E-state index in [1.807, 2.05) is 31.4 Å². The molecule has 1 aromatic carbocycles. The predicted octanol–water partition coefficient (Wildman–Crippen LogP) is 3.17. The summed E-state index contributed by atoms with van der Waals surface area (Å²) in [7, 11) is 1.89. The van der Waals surface area contributed by atoms with Crippen LogP contribution in [-0.2, 0) is 13.5 Å². The summed E-state index contributed by atoms with van der Waals surface area (Å²) in [6, 6.07) is 8.33. The van der Waals surface area contributed by atoms with Crippen LogP contribution in [0.15, 0.2) is 35.4 Å². The largest absolute Gasteiger partial charge is 0.313 e. The van der Waals surface area contributed by atoms with E-state index in [1.165, 1.54) is 0 Å². The molecule has 1 atom stereocenters. The van der Waals surface area contributed by atoms with E-state index in [2.05, 4.69) is 28.6 Å². The fourth-order valence-corrected chi connectivity index (χ4v) is 3.33. The van der Waals surface area contributed by atoms with Gasteiger partial charge in [0.2, 0.25) is 0 Å². The van der Waals surface area contributed by atoms with Gasteiger partial charge in [-0.3, -0.25) is 4.68 Å². The first-order valence-electron chi connectivity index (χ1n) is 7.15. The van der Waals surface area contributed by atoms with Gasteiger partial charge >= 0.3 is 0 Å². The fraction of sp³-hybridized carbons (Fsp3) is 0.467. The van der Waals surface area contributed by atoms with E-state index in [9.17, 15) is 0 Å². The molecule has 1 aromatic heterocycles. The molecule has 6 heteroatoms. The Balaban J connectivity index is 1.94. The van der Waals surface area contributed by atoms with Crippen LogP contribution in [0.3, 0.4) is 0 Å². The van der Waals surface area contributed by atoms with E-state index in [0.717, 1.165) is 40.8 Å². The number of benzene rings is 1. The molecule has 2 aromatic rings. The van der Waals surface area contributed by atoms with Crippen molar-refractivity contribution >= 4 is 23.4 Å². The molecule has 0 radical (unpaired) electrons. The Morgan fingerprint density at radius 1 is 1.38 bits per heavy atom. The molecule has 2 rings (SSSR count). The average Bonchev–Trinajstić information content (AvgIpc) is 2.88. The zero-order valence-corrected chi connectivity index (χ0v) is 14.0. The molecule has 0 bridgehead atoms. The van der Waals surface area contributed by atoms with Gasteiger partial charge < -0.3 is 5.32 Å². The van der Waals surface area contributed by atoms with Crippen LogP contribution in [0.25, 0.3) is 0 Å². The lowest BCUT2D eigenvalue weighted by atomic mass is 10.2. The van der Waals surface area contributed by atoms with Gasteiger partial charge in [0.15, 0.2) is 0 Å². The van der Waals surface area contributed by atoms with Crippen molar-refractivity contribution < 1.29 is 0 Å². The number of halogens is 1. The second kappa shape index (κ2) is 8.41. The first-order chi connectivity index (χ1) is 10.2. The summed E-state index contributed by atoms with van der Waals surface area (Å²) < 4.78 is 1.74. The lowest BCUT2D eigenvalue weighted by Gasteiger charge is -2.17. The number of nitrogens with zero attached hydrogens (tertiary/aromatic N) is 3. The number of aryl methyl sites for hydroxylation is 1. The van der Waals surface area contributed by atoms with Gasteiger partial charge in [0, 0.05) is 36.4 Å². The van der Waals surface area contributed by atoms with E-state index in [0.29, 0.717) is 6.04 Å². The third-order valence-corrected chi connectivity index (χ3v) is 4.74. The second-order valence-corrected chi connectivity index (χ2v) is 6.45. The molecule has 1 N–H and O–H groups in total. The van der Waals surface area contributed by atoms with Crippen molar-refractivity contribution in [3.05, 3.63) is 41.2 Å². The van der Waals surface area contributed by atoms with Crippen molar-refractivity contribution in [2.75, 3.05) is 12.3 Å². The van der Waals surface area contributed by atoms with Crippen LogP contribution in [0, 0.1) is 0 Å². The Bertz CT molecular complexity index is 558. The first-order valence-corrected chi connectivity index (χ1v) is 8.51. The maximum atomic E-state index is 6.21. The maximum Gasteiger partial charge on any atom is 0.0842 e. The highest BCUT2D eigenvalue weighted by atomic mass is 35.5. The summed E-state index contributed by atoms with van der Waals surface area (Å²) in [4.78, 5) is 1.13. The number of nitrogens with one attached hydrogen (secondary N) is 1. The van der Waals surface area contributed by atoms with Crippen LogP contribution in [-0.4, -0.2) is 33.3 Å². The highest BCUT2D eigenvalue weighted by Gasteiger charge is 2.12. The zero-order valence-electron chi connectivity index (χ0n) is 12.4. The first kappa shape index (κ1) is 16.3. The molecule has 0 aliphatic carbocycles. The highest BCUT2D eigenvalue weighted by molar-refractivity contribution is 7.99. The Morgan fingerprint density at radius 3 is 2.86 bits per heavy atom. The molecule has 0 fully saturated rings. The lowest BCUT2D eigenvalue weighted by Crippen LogP contribution is -2.34.